The van der Waals surface area contributed by atoms with Gasteiger partial charge in [0.2, 0.25) is 10.0 Å². The largest absolute Gasteiger partial charge is 0.495 e. The third-order valence-corrected chi connectivity index (χ3v) is 9.66. The van der Waals surface area contributed by atoms with Crippen LogP contribution in [0.5, 0.6) is 5.75 Å². The molecular formula is C17H21NO5S3. The van der Waals surface area contributed by atoms with E-state index in [2.05, 4.69) is 0 Å². The summed E-state index contributed by atoms with van der Waals surface area (Å²) in [6.07, 6.45) is 0.246. The SMILES string of the molecule is COc1ccc(C)cc1S(=O)(=O)N1CCC(c2cccs2)S(=O)(=O)CC1. The molecule has 0 radical (unpaired) electrons. The van der Waals surface area contributed by atoms with Gasteiger partial charge in [-0.05, 0) is 42.5 Å². The van der Waals surface area contributed by atoms with Gasteiger partial charge in [0.15, 0.2) is 9.84 Å². The van der Waals surface area contributed by atoms with Gasteiger partial charge >= 0.3 is 0 Å². The zero-order valence-electron chi connectivity index (χ0n) is 14.6. The average molecular weight is 416 g/mol. The molecule has 0 N–H and O–H groups in total. The zero-order valence-corrected chi connectivity index (χ0v) is 17.0. The molecule has 142 valence electrons. The molecule has 1 fully saturated rings. The van der Waals surface area contributed by atoms with Gasteiger partial charge in [0, 0.05) is 18.0 Å². The predicted molar refractivity (Wildman–Crippen MR) is 102 cm³/mol. The lowest BCUT2D eigenvalue weighted by molar-refractivity contribution is 0.392. The van der Waals surface area contributed by atoms with E-state index in [9.17, 15) is 16.8 Å². The Kier molecular flexibility index (Phi) is 5.43. The molecule has 1 aromatic carbocycles. The molecule has 26 heavy (non-hydrogen) atoms. The van der Waals surface area contributed by atoms with Crippen molar-refractivity contribution in [2.45, 2.75) is 23.5 Å². The summed E-state index contributed by atoms with van der Waals surface area (Å²) in [6.45, 7) is 1.91. The first kappa shape index (κ1) is 19.3. The summed E-state index contributed by atoms with van der Waals surface area (Å²) >= 11 is 1.39. The Morgan fingerprint density at radius 1 is 1.23 bits per heavy atom. The Hall–Kier alpha value is -1.42. The average Bonchev–Trinajstić information content (AvgIpc) is 3.05. The zero-order chi connectivity index (χ0) is 18.9. The molecule has 1 aromatic heterocycles. The highest BCUT2D eigenvalue weighted by Crippen LogP contribution is 2.35. The molecule has 1 atom stereocenters. The Morgan fingerprint density at radius 3 is 2.65 bits per heavy atom. The van der Waals surface area contributed by atoms with Crippen LogP contribution < -0.4 is 4.74 Å². The number of ether oxygens (including phenoxy) is 1. The number of thiophene rings is 1. The first-order chi connectivity index (χ1) is 12.3. The minimum absolute atomic E-state index is 0.0519. The van der Waals surface area contributed by atoms with Gasteiger partial charge in [-0.1, -0.05) is 12.1 Å². The number of hydrogen-bond donors (Lipinski definition) is 0. The molecule has 1 aliphatic heterocycles. The summed E-state index contributed by atoms with van der Waals surface area (Å²) in [7, 11) is -5.83. The maximum Gasteiger partial charge on any atom is 0.246 e. The van der Waals surface area contributed by atoms with Crippen molar-refractivity contribution in [3.63, 3.8) is 0 Å². The van der Waals surface area contributed by atoms with Crippen LogP contribution in [0.2, 0.25) is 0 Å². The molecule has 0 bridgehead atoms. The standard InChI is InChI=1S/C17H21NO5S3/c1-13-5-6-14(23-2)17(12-13)26(21,22)18-8-7-16(15-4-3-10-24-15)25(19,20)11-9-18/h3-6,10,12,16H,7-9,11H2,1-2H3. The maximum absolute atomic E-state index is 13.1. The van der Waals surface area contributed by atoms with Crippen molar-refractivity contribution >= 4 is 31.2 Å². The van der Waals surface area contributed by atoms with Gasteiger partial charge in [0.1, 0.15) is 10.6 Å². The Labute approximate surface area is 158 Å². The van der Waals surface area contributed by atoms with Gasteiger partial charge < -0.3 is 4.74 Å². The van der Waals surface area contributed by atoms with Crippen LogP contribution in [-0.2, 0) is 19.9 Å². The highest BCUT2D eigenvalue weighted by atomic mass is 32.2. The van der Waals surface area contributed by atoms with Crippen LogP contribution in [0.15, 0.2) is 40.6 Å². The van der Waals surface area contributed by atoms with Crippen molar-refractivity contribution in [2.75, 3.05) is 26.0 Å². The van der Waals surface area contributed by atoms with Crippen LogP contribution in [0.3, 0.4) is 0 Å². The third kappa shape index (κ3) is 3.66. The molecule has 9 heteroatoms. The minimum Gasteiger partial charge on any atom is -0.495 e. The predicted octanol–water partition coefficient (Wildman–Crippen LogP) is 2.62. The second-order valence-corrected chi connectivity index (χ2v) is 11.4. The molecule has 2 heterocycles. The lowest BCUT2D eigenvalue weighted by Crippen LogP contribution is -2.34. The molecule has 1 saturated heterocycles. The van der Waals surface area contributed by atoms with Gasteiger partial charge in [0.25, 0.3) is 0 Å². The van der Waals surface area contributed by atoms with Gasteiger partial charge in [0.05, 0.1) is 18.1 Å². The van der Waals surface area contributed by atoms with Crippen molar-refractivity contribution in [3.8, 4) is 5.75 Å². The number of rotatable bonds is 4. The first-order valence-electron chi connectivity index (χ1n) is 8.15. The molecule has 0 spiro atoms. The fourth-order valence-electron chi connectivity index (χ4n) is 3.08. The number of sulfone groups is 1. The molecule has 0 aliphatic carbocycles. The van der Waals surface area contributed by atoms with Crippen LogP contribution in [0.1, 0.15) is 22.1 Å². The van der Waals surface area contributed by atoms with Crippen LogP contribution in [0.25, 0.3) is 0 Å². The molecule has 0 amide bonds. The number of nitrogens with zero attached hydrogens (tertiary/aromatic N) is 1. The van der Waals surface area contributed by atoms with E-state index in [0.717, 1.165) is 10.4 Å². The second kappa shape index (κ2) is 7.30. The van der Waals surface area contributed by atoms with Crippen LogP contribution >= 0.6 is 11.3 Å². The normalized spacial score (nSPS) is 21.2. The summed E-state index contributed by atoms with van der Waals surface area (Å²) in [4.78, 5) is 0.837. The van der Waals surface area contributed by atoms with Crippen LogP contribution in [0, 0.1) is 6.92 Å². The third-order valence-electron chi connectivity index (χ3n) is 4.50. The Balaban J connectivity index is 1.95. The van der Waals surface area contributed by atoms with Gasteiger partial charge in [-0.3, -0.25) is 0 Å². The van der Waals surface area contributed by atoms with Gasteiger partial charge in [-0.2, -0.15) is 4.31 Å². The summed E-state index contributed by atoms with van der Waals surface area (Å²) in [6, 6.07) is 8.56. The highest BCUT2D eigenvalue weighted by molar-refractivity contribution is 7.92. The fraction of sp³-hybridized carbons (Fsp3) is 0.412. The van der Waals surface area contributed by atoms with Gasteiger partial charge in [-0.25, -0.2) is 16.8 Å². The van der Waals surface area contributed by atoms with Crippen molar-refractivity contribution in [1.82, 2.24) is 4.31 Å². The van der Waals surface area contributed by atoms with Crippen molar-refractivity contribution < 1.29 is 21.6 Å². The van der Waals surface area contributed by atoms with Crippen molar-refractivity contribution in [1.29, 1.82) is 0 Å². The number of hydrogen-bond acceptors (Lipinski definition) is 6. The number of sulfonamides is 1. The summed E-state index contributed by atoms with van der Waals surface area (Å²) in [5.41, 5.74) is 0.795. The lowest BCUT2D eigenvalue weighted by Gasteiger charge is -2.21. The number of aryl methyl sites for hydroxylation is 1. The Bertz CT molecular complexity index is 981. The highest BCUT2D eigenvalue weighted by Gasteiger charge is 2.37. The molecule has 3 rings (SSSR count). The van der Waals surface area contributed by atoms with E-state index in [1.807, 2.05) is 11.4 Å². The number of methoxy groups -OCH3 is 1. The van der Waals surface area contributed by atoms with E-state index in [-0.39, 0.29) is 35.9 Å². The van der Waals surface area contributed by atoms with Crippen molar-refractivity contribution in [2.24, 2.45) is 0 Å². The van der Waals surface area contributed by atoms with E-state index in [1.165, 1.54) is 22.8 Å². The molecule has 2 aromatic rings. The fourth-order valence-corrected chi connectivity index (χ4v) is 7.90. The van der Waals surface area contributed by atoms with E-state index in [4.69, 9.17) is 4.74 Å². The molecule has 6 nitrogen and oxygen atoms in total. The van der Waals surface area contributed by atoms with E-state index in [0.29, 0.717) is 0 Å². The summed E-state index contributed by atoms with van der Waals surface area (Å²) in [5.74, 6) is 0.0700. The molecular weight excluding hydrogens is 394 g/mol. The monoisotopic (exact) mass is 415 g/mol. The molecule has 1 unspecified atom stereocenters. The second-order valence-electron chi connectivity index (χ2n) is 6.22. The van der Waals surface area contributed by atoms with Crippen molar-refractivity contribution in [3.05, 3.63) is 46.2 Å². The van der Waals surface area contributed by atoms with Crippen LogP contribution in [0.4, 0.5) is 0 Å². The quantitative estimate of drug-likeness (QED) is 0.767. The van der Waals surface area contributed by atoms with E-state index >= 15 is 0 Å². The lowest BCUT2D eigenvalue weighted by atomic mass is 10.2. The minimum atomic E-state index is -3.85. The smallest absolute Gasteiger partial charge is 0.246 e. The number of benzene rings is 1. The summed E-state index contributed by atoms with van der Waals surface area (Å²) < 4.78 is 58.0. The Morgan fingerprint density at radius 2 is 2.00 bits per heavy atom. The molecule has 0 saturated carbocycles. The topological polar surface area (TPSA) is 80.8 Å². The van der Waals surface area contributed by atoms with Crippen LogP contribution in [-0.4, -0.2) is 47.1 Å². The van der Waals surface area contributed by atoms with E-state index < -0.39 is 25.1 Å². The molecule has 1 aliphatic rings. The van der Waals surface area contributed by atoms with E-state index in [1.54, 1.807) is 31.2 Å². The summed E-state index contributed by atoms with van der Waals surface area (Å²) in [5, 5.41) is 1.18. The van der Waals surface area contributed by atoms with Gasteiger partial charge in [-0.15, -0.1) is 11.3 Å². The maximum atomic E-state index is 13.1. The first-order valence-corrected chi connectivity index (χ1v) is 12.2.